The summed E-state index contributed by atoms with van der Waals surface area (Å²) in [6.45, 7) is 0.563. The lowest BCUT2D eigenvalue weighted by atomic mass is 9.46. The van der Waals surface area contributed by atoms with E-state index in [1.165, 1.54) is 6.42 Å². The van der Waals surface area contributed by atoms with E-state index >= 15 is 0 Å². The van der Waals surface area contributed by atoms with Crippen LogP contribution in [0.4, 0.5) is 0 Å². The van der Waals surface area contributed by atoms with E-state index in [0.29, 0.717) is 24.8 Å². The van der Waals surface area contributed by atoms with Crippen LogP contribution >= 0.6 is 0 Å². The van der Waals surface area contributed by atoms with Gasteiger partial charge < -0.3 is 10.2 Å². The van der Waals surface area contributed by atoms with Gasteiger partial charge in [-0.1, -0.05) is 30.3 Å². The number of hydrogen-bond donors (Lipinski definition) is 3. The molecule has 0 radical (unpaired) electrons. The summed E-state index contributed by atoms with van der Waals surface area (Å²) < 4.78 is 0. The van der Waals surface area contributed by atoms with Gasteiger partial charge in [-0.25, -0.2) is 0 Å². The number of carboxylic acids is 1. The molecule has 3 N–H and O–H groups in total. The van der Waals surface area contributed by atoms with Crippen LogP contribution in [0.1, 0.15) is 44.1 Å². The molecule has 0 saturated heterocycles. The molecular weight excluding hydrogens is 290 g/mol. The fourth-order valence-corrected chi connectivity index (χ4v) is 6.00. The first-order valence-electron chi connectivity index (χ1n) is 8.71. The van der Waals surface area contributed by atoms with E-state index in [2.05, 4.69) is 5.32 Å². The Kier molecular flexibility index (Phi) is 3.50. The molecule has 1 aromatic rings. The molecule has 23 heavy (non-hydrogen) atoms. The maximum Gasteiger partial charge on any atom is 0.321 e. The molecule has 4 aliphatic rings. The summed E-state index contributed by atoms with van der Waals surface area (Å²) in [5.74, 6) is 0.231. The Labute approximate surface area is 136 Å². The Morgan fingerprint density at radius 3 is 2.39 bits per heavy atom. The van der Waals surface area contributed by atoms with Crippen molar-refractivity contribution >= 4 is 5.97 Å². The highest BCUT2D eigenvalue weighted by atomic mass is 16.4. The van der Waals surface area contributed by atoms with Gasteiger partial charge in [0.15, 0.2) is 0 Å². The molecule has 0 aromatic heterocycles. The zero-order valence-electron chi connectivity index (χ0n) is 13.4. The molecule has 4 heteroatoms. The number of aliphatic hydroxyl groups is 1. The van der Waals surface area contributed by atoms with Crippen molar-refractivity contribution < 1.29 is 15.0 Å². The second kappa shape index (κ2) is 5.32. The molecule has 5 rings (SSSR count). The Morgan fingerprint density at radius 1 is 1.17 bits per heavy atom. The summed E-state index contributed by atoms with van der Waals surface area (Å²) in [6, 6.07) is 9.37. The summed E-state index contributed by atoms with van der Waals surface area (Å²) in [4.78, 5) is 12.0. The van der Waals surface area contributed by atoms with Gasteiger partial charge in [0.05, 0.1) is 5.60 Å². The lowest BCUT2D eigenvalue weighted by Crippen LogP contribution is -2.63. The van der Waals surface area contributed by atoms with E-state index in [1.54, 1.807) is 0 Å². The van der Waals surface area contributed by atoms with E-state index in [9.17, 15) is 15.0 Å². The van der Waals surface area contributed by atoms with E-state index < -0.39 is 17.6 Å². The molecule has 124 valence electrons. The van der Waals surface area contributed by atoms with Crippen molar-refractivity contribution in [3.8, 4) is 0 Å². The fourth-order valence-electron chi connectivity index (χ4n) is 6.00. The van der Waals surface area contributed by atoms with Gasteiger partial charge in [0.25, 0.3) is 0 Å². The minimum absolute atomic E-state index is 0.278. The van der Waals surface area contributed by atoms with Gasteiger partial charge in [0.2, 0.25) is 0 Å². The molecular formula is C19H25NO3. The largest absolute Gasteiger partial charge is 0.480 e. The molecule has 4 bridgehead atoms. The number of carboxylic acid groups (broad SMARTS) is 1. The van der Waals surface area contributed by atoms with Crippen molar-refractivity contribution in [3.05, 3.63) is 35.9 Å². The third-order valence-corrected chi connectivity index (χ3v) is 6.29. The van der Waals surface area contributed by atoms with Crippen molar-refractivity contribution in [3.63, 3.8) is 0 Å². The van der Waals surface area contributed by atoms with Gasteiger partial charge in [-0.2, -0.15) is 0 Å². The van der Waals surface area contributed by atoms with Crippen LogP contribution in [0.5, 0.6) is 0 Å². The zero-order chi connectivity index (χ0) is 16.1. The average molecular weight is 315 g/mol. The van der Waals surface area contributed by atoms with Crippen LogP contribution in [-0.4, -0.2) is 27.8 Å². The molecule has 0 amide bonds. The lowest BCUT2D eigenvalue weighted by Gasteiger charge is -2.61. The smallest absolute Gasteiger partial charge is 0.321 e. The Morgan fingerprint density at radius 2 is 1.83 bits per heavy atom. The van der Waals surface area contributed by atoms with Gasteiger partial charge in [-0.3, -0.25) is 10.1 Å². The predicted molar refractivity (Wildman–Crippen MR) is 86.8 cm³/mol. The average Bonchev–Trinajstić information content (AvgIpc) is 2.45. The Balaban J connectivity index is 1.56. The number of nitrogens with one attached hydrogen (secondary N) is 1. The topological polar surface area (TPSA) is 69.6 Å². The molecule has 4 saturated carbocycles. The second-order valence-corrected chi connectivity index (χ2v) is 8.19. The highest BCUT2D eigenvalue weighted by Crippen LogP contribution is 2.62. The normalized spacial score (nSPS) is 39.3. The predicted octanol–water partition coefficient (Wildman–Crippen LogP) is 2.56. The monoisotopic (exact) mass is 315 g/mol. The lowest BCUT2D eigenvalue weighted by molar-refractivity contribution is -0.182. The van der Waals surface area contributed by atoms with Crippen LogP contribution in [0.25, 0.3) is 0 Å². The van der Waals surface area contributed by atoms with Gasteiger partial charge in [-0.05, 0) is 61.3 Å². The Bertz CT molecular complexity index is 586. The van der Waals surface area contributed by atoms with Crippen molar-refractivity contribution in [2.24, 2.45) is 17.3 Å². The fraction of sp³-hybridized carbons (Fsp3) is 0.632. The summed E-state index contributed by atoms with van der Waals surface area (Å²) in [5, 5.41) is 24.0. The summed E-state index contributed by atoms with van der Waals surface area (Å²) in [6.07, 6.45) is 5.46. The molecule has 3 unspecified atom stereocenters. The number of rotatable bonds is 5. The quantitative estimate of drug-likeness (QED) is 0.781. The third kappa shape index (κ3) is 2.68. The molecule has 3 atom stereocenters. The zero-order valence-corrected chi connectivity index (χ0v) is 13.4. The number of carbonyl (C=O) groups is 1. The van der Waals surface area contributed by atoms with Crippen LogP contribution in [-0.2, 0) is 11.3 Å². The highest BCUT2D eigenvalue weighted by Gasteiger charge is 2.60. The molecule has 1 aromatic carbocycles. The molecule has 0 aliphatic heterocycles. The van der Waals surface area contributed by atoms with E-state index in [1.807, 2.05) is 30.3 Å². The highest BCUT2D eigenvalue weighted by molar-refractivity contribution is 5.75. The number of aliphatic carboxylic acids is 1. The first-order valence-corrected chi connectivity index (χ1v) is 8.71. The van der Waals surface area contributed by atoms with Crippen LogP contribution in [0.15, 0.2) is 30.3 Å². The Hall–Kier alpha value is -1.39. The molecule has 4 fully saturated rings. The van der Waals surface area contributed by atoms with E-state index in [0.717, 1.165) is 31.2 Å². The first-order chi connectivity index (χ1) is 11.0. The minimum atomic E-state index is -0.772. The van der Waals surface area contributed by atoms with Crippen molar-refractivity contribution in [1.29, 1.82) is 0 Å². The molecule has 4 aliphatic carbocycles. The maximum atomic E-state index is 12.0. The van der Waals surface area contributed by atoms with E-state index in [4.69, 9.17) is 0 Å². The maximum absolute atomic E-state index is 12.0. The van der Waals surface area contributed by atoms with E-state index in [-0.39, 0.29) is 5.41 Å². The standard InChI is InChI=1S/C19H25NO3/c21-17(22)16(20-11-13-4-2-1-3-5-13)18-7-14-6-15(8-18)10-19(23,9-14)12-18/h1-5,14-16,20,23H,6-12H2,(H,21,22). The number of hydrogen-bond acceptors (Lipinski definition) is 3. The van der Waals surface area contributed by atoms with Crippen LogP contribution < -0.4 is 5.32 Å². The van der Waals surface area contributed by atoms with Gasteiger partial charge in [0.1, 0.15) is 6.04 Å². The molecule has 4 nitrogen and oxygen atoms in total. The molecule has 0 spiro atoms. The van der Waals surface area contributed by atoms with Crippen LogP contribution in [0.3, 0.4) is 0 Å². The number of benzene rings is 1. The van der Waals surface area contributed by atoms with Crippen LogP contribution in [0, 0.1) is 17.3 Å². The van der Waals surface area contributed by atoms with Crippen molar-refractivity contribution in [2.45, 2.75) is 56.7 Å². The van der Waals surface area contributed by atoms with Crippen molar-refractivity contribution in [1.82, 2.24) is 5.32 Å². The SMILES string of the molecule is O=C(O)C(NCc1ccccc1)C12CC3CC(CC(O)(C3)C1)C2. The summed E-state index contributed by atoms with van der Waals surface area (Å²) in [5.41, 5.74) is 0.202. The first kappa shape index (κ1) is 15.2. The van der Waals surface area contributed by atoms with Crippen molar-refractivity contribution in [2.75, 3.05) is 0 Å². The summed E-state index contributed by atoms with van der Waals surface area (Å²) >= 11 is 0. The summed E-state index contributed by atoms with van der Waals surface area (Å²) in [7, 11) is 0. The minimum Gasteiger partial charge on any atom is -0.480 e. The van der Waals surface area contributed by atoms with Gasteiger partial charge in [-0.15, -0.1) is 0 Å². The molecule has 0 heterocycles. The van der Waals surface area contributed by atoms with Gasteiger partial charge >= 0.3 is 5.97 Å². The van der Waals surface area contributed by atoms with Gasteiger partial charge in [0, 0.05) is 6.54 Å². The van der Waals surface area contributed by atoms with Crippen LogP contribution in [0.2, 0.25) is 0 Å². The second-order valence-electron chi connectivity index (χ2n) is 8.19. The third-order valence-electron chi connectivity index (χ3n) is 6.29.